The van der Waals surface area contributed by atoms with Gasteiger partial charge in [-0.2, -0.15) is 0 Å². The maximum atomic E-state index is 11.4. The molecule has 0 aromatic heterocycles. The normalized spacial score (nSPS) is 25.0. The number of nitrogens with one attached hydrogen (secondary N) is 1. The lowest BCUT2D eigenvalue weighted by molar-refractivity contribution is -0.384. The molecular weight excluding hydrogens is 288 g/mol. The molecule has 0 spiro atoms. The van der Waals surface area contributed by atoms with E-state index in [-0.39, 0.29) is 23.2 Å². The number of rotatable bonds is 4. The highest BCUT2D eigenvalue weighted by Gasteiger charge is 2.41. The number of nitro benzene ring substituents is 1. The van der Waals surface area contributed by atoms with Gasteiger partial charge in [0.1, 0.15) is 11.4 Å². The summed E-state index contributed by atoms with van der Waals surface area (Å²) in [5.74, 6) is -1.21. The van der Waals surface area contributed by atoms with Crippen molar-refractivity contribution < 1.29 is 19.6 Å². The number of nitro groups is 1. The molecule has 0 radical (unpaired) electrons. The first-order valence-electron chi connectivity index (χ1n) is 7.12. The summed E-state index contributed by atoms with van der Waals surface area (Å²) in [7, 11) is 0. The van der Waals surface area contributed by atoms with Gasteiger partial charge in [-0.3, -0.25) is 10.1 Å². The van der Waals surface area contributed by atoms with Crippen molar-refractivity contribution in [3.05, 3.63) is 40.0 Å². The predicted molar refractivity (Wildman–Crippen MR) is 76.7 cm³/mol. The topological polar surface area (TPSA) is 105 Å². The molecule has 1 aliphatic carbocycles. The Hall–Kier alpha value is -2.57. The van der Waals surface area contributed by atoms with Crippen molar-refractivity contribution in [3.63, 3.8) is 0 Å². The third kappa shape index (κ3) is 2.18. The highest BCUT2D eigenvalue weighted by atomic mass is 16.6. The van der Waals surface area contributed by atoms with Gasteiger partial charge >= 0.3 is 0 Å². The van der Waals surface area contributed by atoms with Crippen LogP contribution >= 0.6 is 0 Å². The fourth-order valence-electron chi connectivity index (χ4n) is 3.28. The lowest BCUT2D eigenvalue weighted by atomic mass is 9.79. The van der Waals surface area contributed by atoms with E-state index in [2.05, 4.69) is 5.32 Å². The molecule has 3 atom stereocenters. The van der Waals surface area contributed by atoms with Gasteiger partial charge in [0.15, 0.2) is 0 Å². The molecule has 0 bridgehead atoms. The molecular formula is C15H15N2O5-. The van der Waals surface area contributed by atoms with Crippen LogP contribution in [0, 0.1) is 16.0 Å². The number of benzene rings is 1. The zero-order valence-corrected chi connectivity index (χ0v) is 11.9. The number of fused-ring (bicyclic) bond motifs is 3. The molecule has 22 heavy (non-hydrogen) atoms. The number of hydrogen-bond acceptors (Lipinski definition) is 6. The molecule has 1 heterocycles. The first kappa shape index (κ1) is 14.4. The fourth-order valence-corrected chi connectivity index (χ4v) is 3.28. The summed E-state index contributed by atoms with van der Waals surface area (Å²) < 4.78 is 5.40. The first-order chi connectivity index (χ1) is 10.5. The monoisotopic (exact) mass is 303 g/mol. The Morgan fingerprint density at radius 2 is 2.27 bits per heavy atom. The number of carbonyl (C=O) groups is 1. The van der Waals surface area contributed by atoms with Crippen LogP contribution in [0.25, 0.3) is 0 Å². The van der Waals surface area contributed by atoms with Gasteiger partial charge in [-0.1, -0.05) is 12.2 Å². The largest absolute Gasteiger partial charge is 0.548 e. The molecule has 3 rings (SSSR count). The van der Waals surface area contributed by atoms with E-state index in [9.17, 15) is 20.0 Å². The van der Waals surface area contributed by atoms with Crippen molar-refractivity contribution in [2.45, 2.75) is 25.3 Å². The molecule has 7 heteroatoms. The van der Waals surface area contributed by atoms with Crippen LogP contribution in [0.15, 0.2) is 24.3 Å². The Labute approximate surface area is 126 Å². The Balaban J connectivity index is 2.16. The van der Waals surface area contributed by atoms with Crippen LogP contribution < -0.4 is 15.2 Å². The zero-order chi connectivity index (χ0) is 15.9. The predicted octanol–water partition coefficient (Wildman–Crippen LogP) is 1.20. The minimum absolute atomic E-state index is 0.175. The van der Waals surface area contributed by atoms with E-state index in [0.717, 1.165) is 0 Å². The molecule has 1 aromatic rings. The number of anilines is 1. The summed E-state index contributed by atoms with van der Waals surface area (Å²) in [6, 6.07) is 2.13. The van der Waals surface area contributed by atoms with E-state index >= 15 is 0 Å². The van der Waals surface area contributed by atoms with Crippen LogP contribution in [0.4, 0.5) is 11.4 Å². The van der Waals surface area contributed by atoms with Crippen LogP contribution in [0.5, 0.6) is 5.75 Å². The van der Waals surface area contributed by atoms with Gasteiger partial charge in [0, 0.05) is 5.92 Å². The number of aliphatic carboxylic acids is 1. The third-order valence-corrected chi connectivity index (χ3v) is 4.18. The Morgan fingerprint density at radius 3 is 2.91 bits per heavy atom. The molecule has 7 nitrogen and oxygen atoms in total. The van der Waals surface area contributed by atoms with E-state index in [0.29, 0.717) is 24.3 Å². The maximum absolute atomic E-state index is 11.4. The van der Waals surface area contributed by atoms with E-state index in [1.807, 2.05) is 12.2 Å². The van der Waals surface area contributed by atoms with E-state index in [1.54, 1.807) is 13.0 Å². The average Bonchev–Trinajstić information content (AvgIpc) is 2.95. The number of ether oxygens (including phenoxy) is 1. The molecule has 1 aromatic carbocycles. The number of allylic oxidation sites excluding steroid dienone is 2. The van der Waals surface area contributed by atoms with E-state index in [1.165, 1.54) is 6.07 Å². The third-order valence-electron chi connectivity index (χ3n) is 4.18. The second kappa shape index (κ2) is 5.32. The van der Waals surface area contributed by atoms with Gasteiger partial charge in [-0.15, -0.1) is 0 Å². The molecule has 116 valence electrons. The van der Waals surface area contributed by atoms with E-state index in [4.69, 9.17) is 4.74 Å². The van der Waals surface area contributed by atoms with Gasteiger partial charge < -0.3 is 20.0 Å². The minimum Gasteiger partial charge on any atom is -0.548 e. The Bertz CT molecular complexity index is 670. The molecule has 0 unspecified atom stereocenters. The Kier molecular flexibility index (Phi) is 3.48. The average molecular weight is 303 g/mol. The summed E-state index contributed by atoms with van der Waals surface area (Å²) in [6.07, 6.45) is 4.41. The van der Waals surface area contributed by atoms with Crippen LogP contribution in [0.1, 0.15) is 24.8 Å². The Morgan fingerprint density at radius 1 is 1.50 bits per heavy atom. The summed E-state index contributed by atoms with van der Waals surface area (Å²) >= 11 is 0. The first-order valence-corrected chi connectivity index (χ1v) is 7.12. The second-order valence-electron chi connectivity index (χ2n) is 5.39. The molecule has 0 amide bonds. The highest BCUT2D eigenvalue weighted by molar-refractivity contribution is 5.82. The van der Waals surface area contributed by atoms with Crippen molar-refractivity contribution in [3.8, 4) is 5.75 Å². The maximum Gasteiger partial charge on any atom is 0.296 e. The smallest absolute Gasteiger partial charge is 0.296 e. The molecule has 0 saturated carbocycles. The highest BCUT2D eigenvalue weighted by Crippen LogP contribution is 2.49. The lowest BCUT2D eigenvalue weighted by Crippen LogP contribution is -2.49. The van der Waals surface area contributed by atoms with Crippen LogP contribution in [-0.2, 0) is 4.79 Å². The van der Waals surface area contributed by atoms with Crippen LogP contribution in [0.3, 0.4) is 0 Å². The zero-order valence-electron chi connectivity index (χ0n) is 11.9. The standard InChI is InChI=1S/C15H16N2O5/c1-2-22-8-6-11-9-4-3-5-10(9)14(15(18)19)16-13(11)12(7-8)17(20)21/h3-4,6-7,9-10,14,16H,2,5H2,1H3,(H,18,19)/p-1/t9-,10+,14+/m0/s1. The summed E-state index contributed by atoms with van der Waals surface area (Å²) in [6.45, 7) is 2.20. The van der Waals surface area contributed by atoms with Gasteiger partial charge in [-0.25, -0.2) is 0 Å². The van der Waals surface area contributed by atoms with Crippen LogP contribution in [-0.4, -0.2) is 23.5 Å². The van der Waals surface area contributed by atoms with E-state index < -0.39 is 16.9 Å². The summed E-state index contributed by atoms with van der Waals surface area (Å²) in [5, 5.41) is 25.5. The quantitative estimate of drug-likeness (QED) is 0.509. The second-order valence-corrected chi connectivity index (χ2v) is 5.39. The van der Waals surface area contributed by atoms with Gasteiger partial charge in [-0.05, 0) is 30.9 Å². The number of carboxylic acids is 1. The molecule has 1 aliphatic heterocycles. The number of nitrogens with zero attached hydrogens (tertiary/aromatic N) is 1. The van der Waals surface area contributed by atoms with Crippen molar-refractivity contribution in [1.29, 1.82) is 0 Å². The minimum atomic E-state index is -1.24. The SMILES string of the molecule is CCOc1cc2c(c([N+](=O)[O-])c1)N[C@@H](C(=O)[O-])[C@@H]1CC=C[C@H]21. The fraction of sp³-hybridized carbons (Fsp3) is 0.400. The molecule has 0 fully saturated rings. The van der Waals surface area contributed by atoms with Gasteiger partial charge in [0.05, 0.1) is 29.6 Å². The summed E-state index contributed by atoms with van der Waals surface area (Å²) in [4.78, 5) is 22.2. The van der Waals surface area contributed by atoms with Crippen molar-refractivity contribution in [2.24, 2.45) is 5.92 Å². The van der Waals surface area contributed by atoms with Crippen molar-refractivity contribution >= 4 is 17.3 Å². The van der Waals surface area contributed by atoms with Crippen molar-refractivity contribution in [2.75, 3.05) is 11.9 Å². The lowest BCUT2D eigenvalue weighted by Gasteiger charge is -2.37. The number of hydrogen-bond donors (Lipinski definition) is 1. The number of carbonyl (C=O) groups excluding carboxylic acids is 1. The number of carboxylic acid groups (broad SMARTS) is 1. The molecule has 0 saturated heterocycles. The van der Waals surface area contributed by atoms with Gasteiger partial charge in [0.2, 0.25) is 0 Å². The molecule has 1 N–H and O–H groups in total. The van der Waals surface area contributed by atoms with Crippen LogP contribution in [0.2, 0.25) is 0 Å². The van der Waals surface area contributed by atoms with Crippen molar-refractivity contribution in [1.82, 2.24) is 0 Å². The summed E-state index contributed by atoms with van der Waals surface area (Å²) in [5.41, 5.74) is 0.773. The molecule has 2 aliphatic rings. The van der Waals surface area contributed by atoms with Gasteiger partial charge in [0.25, 0.3) is 5.69 Å².